The van der Waals surface area contributed by atoms with Gasteiger partial charge in [0.15, 0.2) is 0 Å². The summed E-state index contributed by atoms with van der Waals surface area (Å²) in [5, 5.41) is 0. The lowest BCUT2D eigenvalue weighted by Crippen LogP contribution is -2.31. The van der Waals surface area contributed by atoms with E-state index in [1.165, 1.54) is 12.1 Å². The van der Waals surface area contributed by atoms with Gasteiger partial charge in [-0.3, -0.25) is 0 Å². The van der Waals surface area contributed by atoms with Crippen LogP contribution >= 0.6 is 11.8 Å². The van der Waals surface area contributed by atoms with Crippen LogP contribution in [0, 0.1) is 11.7 Å². The van der Waals surface area contributed by atoms with Gasteiger partial charge in [0.1, 0.15) is 5.82 Å². The molecular formula is C13H19FN2O2S2. The highest BCUT2D eigenvalue weighted by atomic mass is 32.2. The molecule has 1 heterocycles. The van der Waals surface area contributed by atoms with E-state index in [-0.39, 0.29) is 11.4 Å². The van der Waals surface area contributed by atoms with Crippen LogP contribution in [0.2, 0.25) is 0 Å². The van der Waals surface area contributed by atoms with Gasteiger partial charge in [-0.2, -0.15) is 11.8 Å². The van der Waals surface area contributed by atoms with E-state index in [4.69, 9.17) is 5.73 Å². The van der Waals surface area contributed by atoms with Gasteiger partial charge >= 0.3 is 0 Å². The molecule has 112 valence electrons. The maximum absolute atomic E-state index is 13.3. The third kappa shape index (κ3) is 3.94. The molecule has 0 amide bonds. The monoisotopic (exact) mass is 318 g/mol. The molecule has 0 atom stereocenters. The maximum atomic E-state index is 13.3. The Labute approximate surface area is 123 Å². The van der Waals surface area contributed by atoms with Gasteiger partial charge in [0.05, 0.1) is 4.90 Å². The molecule has 0 aliphatic carbocycles. The molecular weight excluding hydrogens is 299 g/mol. The van der Waals surface area contributed by atoms with Crippen LogP contribution < -0.4 is 10.5 Å². The molecule has 1 aliphatic rings. The number of hydrogen-bond donors (Lipinski definition) is 2. The first-order chi connectivity index (χ1) is 9.53. The van der Waals surface area contributed by atoms with Crippen molar-refractivity contribution < 1.29 is 12.8 Å². The summed E-state index contributed by atoms with van der Waals surface area (Å²) in [6.07, 6.45) is 2.03. The van der Waals surface area contributed by atoms with Gasteiger partial charge < -0.3 is 5.73 Å². The second-order valence-corrected chi connectivity index (χ2v) is 7.82. The Bertz CT molecular complexity index is 557. The number of rotatable bonds is 5. The van der Waals surface area contributed by atoms with E-state index >= 15 is 0 Å². The summed E-state index contributed by atoms with van der Waals surface area (Å²) in [7, 11) is -3.70. The lowest BCUT2D eigenvalue weighted by Gasteiger charge is -2.21. The number of nitrogens with one attached hydrogen (secondary N) is 1. The number of sulfonamides is 1. The molecule has 0 bridgehead atoms. The van der Waals surface area contributed by atoms with Gasteiger partial charge in [-0.25, -0.2) is 17.5 Å². The van der Waals surface area contributed by atoms with Crippen LogP contribution in [0.5, 0.6) is 0 Å². The van der Waals surface area contributed by atoms with Crippen molar-refractivity contribution in [1.82, 2.24) is 4.72 Å². The maximum Gasteiger partial charge on any atom is 0.241 e. The van der Waals surface area contributed by atoms with Crippen LogP contribution in [-0.4, -0.2) is 26.5 Å². The molecule has 0 spiro atoms. The van der Waals surface area contributed by atoms with E-state index < -0.39 is 15.8 Å². The second kappa shape index (κ2) is 6.89. The van der Waals surface area contributed by atoms with Crippen molar-refractivity contribution in [2.75, 3.05) is 18.1 Å². The molecule has 1 fully saturated rings. The van der Waals surface area contributed by atoms with Crippen LogP contribution in [0.25, 0.3) is 0 Å². The van der Waals surface area contributed by atoms with Gasteiger partial charge in [0.2, 0.25) is 10.0 Å². The van der Waals surface area contributed by atoms with Crippen molar-refractivity contribution in [3.8, 4) is 0 Å². The summed E-state index contributed by atoms with van der Waals surface area (Å²) in [6, 6.07) is 3.67. The molecule has 1 aromatic carbocycles. The summed E-state index contributed by atoms with van der Waals surface area (Å²) in [5.41, 5.74) is 5.95. The highest BCUT2D eigenvalue weighted by Gasteiger charge is 2.21. The highest BCUT2D eigenvalue weighted by molar-refractivity contribution is 7.99. The summed E-state index contributed by atoms with van der Waals surface area (Å²) in [4.78, 5) is -0.0508. The molecule has 1 aliphatic heterocycles. The number of thioether (sulfide) groups is 1. The predicted octanol–water partition coefficient (Wildman–Crippen LogP) is 1.71. The zero-order chi connectivity index (χ0) is 14.6. The topological polar surface area (TPSA) is 72.2 Å². The van der Waals surface area contributed by atoms with Crippen LogP contribution in [0.15, 0.2) is 23.1 Å². The Balaban J connectivity index is 2.11. The van der Waals surface area contributed by atoms with Gasteiger partial charge in [-0.15, -0.1) is 0 Å². The van der Waals surface area contributed by atoms with Crippen molar-refractivity contribution in [3.05, 3.63) is 29.6 Å². The van der Waals surface area contributed by atoms with E-state index in [1.807, 2.05) is 11.8 Å². The van der Waals surface area contributed by atoms with Crippen LogP contribution in [0.1, 0.15) is 18.4 Å². The molecule has 20 heavy (non-hydrogen) atoms. The third-order valence-corrected chi connectivity index (χ3v) is 6.00. The van der Waals surface area contributed by atoms with Gasteiger partial charge in [0, 0.05) is 13.1 Å². The van der Waals surface area contributed by atoms with Crippen molar-refractivity contribution in [1.29, 1.82) is 0 Å². The van der Waals surface area contributed by atoms with E-state index in [1.54, 1.807) is 0 Å². The van der Waals surface area contributed by atoms with E-state index in [9.17, 15) is 12.8 Å². The summed E-state index contributed by atoms with van der Waals surface area (Å²) < 4.78 is 40.4. The fourth-order valence-corrected chi connectivity index (χ4v) is 4.78. The standard InChI is InChI=1S/C13H19FN2O2S2/c14-12-2-1-11(8-15)13(7-12)20(17,18)16-9-10-3-5-19-6-4-10/h1-2,7,10,16H,3-6,8-9,15H2. The van der Waals surface area contributed by atoms with Crippen molar-refractivity contribution in [2.45, 2.75) is 24.3 Å². The fraction of sp³-hybridized carbons (Fsp3) is 0.538. The van der Waals surface area contributed by atoms with Gasteiger partial charge in [-0.1, -0.05) is 6.07 Å². The lowest BCUT2D eigenvalue weighted by atomic mass is 10.0. The van der Waals surface area contributed by atoms with Crippen molar-refractivity contribution in [2.24, 2.45) is 11.7 Å². The fourth-order valence-electron chi connectivity index (χ4n) is 2.20. The summed E-state index contributed by atoms with van der Waals surface area (Å²) in [5.74, 6) is 1.93. The highest BCUT2D eigenvalue weighted by Crippen LogP contribution is 2.23. The molecule has 7 heteroatoms. The normalized spacial score (nSPS) is 17.3. The molecule has 0 radical (unpaired) electrons. The number of hydrogen-bond acceptors (Lipinski definition) is 4. The number of benzene rings is 1. The van der Waals surface area contributed by atoms with E-state index in [0.717, 1.165) is 30.4 Å². The zero-order valence-electron chi connectivity index (χ0n) is 11.1. The molecule has 4 nitrogen and oxygen atoms in total. The van der Waals surface area contributed by atoms with Crippen molar-refractivity contribution in [3.63, 3.8) is 0 Å². The first-order valence-corrected chi connectivity index (χ1v) is 9.22. The minimum Gasteiger partial charge on any atom is -0.326 e. The predicted molar refractivity (Wildman–Crippen MR) is 79.5 cm³/mol. The van der Waals surface area contributed by atoms with E-state index in [2.05, 4.69) is 4.72 Å². The Hall–Kier alpha value is -0.630. The first kappa shape index (κ1) is 15.8. The number of nitrogens with two attached hydrogens (primary N) is 1. The van der Waals surface area contributed by atoms with E-state index in [0.29, 0.717) is 18.0 Å². The number of halogens is 1. The van der Waals surface area contributed by atoms with Crippen LogP contribution in [-0.2, 0) is 16.6 Å². The van der Waals surface area contributed by atoms with Crippen molar-refractivity contribution >= 4 is 21.8 Å². The minimum atomic E-state index is -3.70. The Kier molecular flexibility index (Phi) is 5.42. The van der Waals surface area contributed by atoms with Gasteiger partial charge in [0.25, 0.3) is 0 Å². The third-order valence-electron chi connectivity index (χ3n) is 3.44. The molecule has 1 saturated heterocycles. The minimum absolute atomic E-state index is 0.0508. The molecule has 2 rings (SSSR count). The summed E-state index contributed by atoms with van der Waals surface area (Å²) >= 11 is 1.89. The second-order valence-electron chi connectivity index (χ2n) is 4.86. The summed E-state index contributed by atoms with van der Waals surface area (Å²) in [6.45, 7) is 0.472. The SMILES string of the molecule is NCc1ccc(F)cc1S(=O)(=O)NCC1CCSCC1. The van der Waals surface area contributed by atoms with Crippen LogP contribution in [0.4, 0.5) is 4.39 Å². The Morgan fingerprint density at radius 2 is 2.05 bits per heavy atom. The average molecular weight is 318 g/mol. The Morgan fingerprint density at radius 1 is 1.35 bits per heavy atom. The molecule has 0 aromatic heterocycles. The average Bonchev–Trinajstić information content (AvgIpc) is 2.46. The molecule has 3 N–H and O–H groups in total. The Morgan fingerprint density at radius 3 is 2.70 bits per heavy atom. The quantitative estimate of drug-likeness (QED) is 0.867. The molecule has 1 aromatic rings. The molecule has 0 saturated carbocycles. The van der Waals surface area contributed by atoms with Crippen LogP contribution in [0.3, 0.4) is 0 Å². The van der Waals surface area contributed by atoms with Gasteiger partial charge in [-0.05, 0) is 48.0 Å². The zero-order valence-corrected chi connectivity index (χ0v) is 12.8. The molecule has 0 unspecified atom stereocenters. The smallest absolute Gasteiger partial charge is 0.241 e. The first-order valence-electron chi connectivity index (χ1n) is 6.59. The lowest BCUT2D eigenvalue weighted by molar-refractivity contribution is 0.476. The largest absolute Gasteiger partial charge is 0.326 e.